The fraction of sp³-hybridized carbons (Fsp3) is 0.286. The number of pyridine rings is 1. The smallest absolute Gasteiger partial charge is 0.394 e. The van der Waals surface area contributed by atoms with Crippen LogP contribution in [0.25, 0.3) is 10.9 Å². The van der Waals surface area contributed by atoms with Crippen LogP contribution < -0.4 is 10.6 Å². The molecule has 4 rings (SSSR count). The number of aromatic nitrogens is 3. The zero-order valence-corrected chi connectivity index (χ0v) is 24.0. The minimum Gasteiger partial charge on any atom is -0.394 e. The molecule has 2 aromatic carbocycles. The third kappa shape index (κ3) is 6.46. The van der Waals surface area contributed by atoms with Gasteiger partial charge in [-0.05, 0) is 55.8 Å². The largest absolute Gasteiger partial charge is 0.433 e. The van der Waals surface area contributed by atoms with Crippen molar-refractivity contribution in [3.05, 3.63) is 86.8 Å². The number of nitrogens with zero attached hydrogens (tertiary/aromatic N) is 3. The summed E-state index contributed by atoms with van der Waals surface area (Å²) >= 11 is 3.29. The van der Waals surface area contributed by atoms with Gasteiger partial charge in [-0.2, -0.15) is 18.3 Å². The van der Waals surface area contributed by atoms with E-state index in [0.717, 1.165) is 11.6 Å². The van der Waals surface area contributed by atoms with Crippen molar-refractivity contribution >= 4 is 44.3 Å². The van der Waals surface area contributed by atoms with Crippen LogP contribution in [-0.2, 0) is 12.7 Å². The van der Waals surface area contributed by atoms with Gasteiger partial charge in [-0.3, -0.25) is 14.3 Å². The van der Waals surface area contributed by atoms with Crippen LogP contribution in [0.1, 0.15) is 43.4 Å². The van der Waals surface area contributed by atoms with Crippen molar-refractivity contribution in [3.63, 3.8) is 0 Å². The summed E-state index contributed by atoms with van der Waals surface area (Å²) in [6.45, 7) is 1.65. The second kappa shape index (κ2) is 12.2. The van der Waals surface area contributed by atoms with Crippen LogP contribution in [0.4, 0.5) is 18.9 Å². The molecule has 5 N–H and O–H groups in total. The lowest BCUT2D eigenvalue weighted by Gasteiger charge is -2.28. The molecule has 2 amide bonds. The third-order valence-electron chi connectivity index (χ3n) is 6.76. The highest BCUT2D eigenvalue weighted by Crippen LogP contribution is 2.32. The van der Waals surface area contributed by atoms with Crippen LogP contribution >= 0.6 is 15.9 Å². The quantitative estimate of drug-likeness (QED) is 0.186. The molecular weight excluding hydrogens is 623 g/mol. The van der Waals surface area contributed by atoms with Gasteiger partial charge in [0.15, 0.2) is 0 Å². The van der Waals surface area contributed by atoms with Gasteiger partial charge in [0.05, 0.1) is 54.5 Å². The van der Waals surface area contributed by atoms with E-state index in [0.29, 0.717) is 21.5 Å². The molecule has 2 aromatic heterocycles. The number of hydrogen-bond acceptors (Lipinski definition) is 7. The number of fused-ring (bicyclic) bond motifs is 1. The van der Waals surface area contributed by atoms with Gasteiger partial charge in [-0.25, -0.2) is 4.98 Å². The van der Waals surface area contributed by atoms with Gasteiger partial charge in [0.1, 0.15) is 11.2 Å². The molecular formula is C28H27BrF3N5O5. The first-order valence-corrected chi connectivity index (χ1v) is 13.4. The van der Waals surface area contributed by atoms with Gasteiger partial charge in [0.25, 0.3) is 11.8 Å². The van der Waals surface area contributed by atoms with Crippen molar-refractivity contribution in [3.8, 4) is 0 Å². The van der Waals surface area contributed by atoms with Crippen molar-refractivity contribution < 1.29 is 38.1 Å². The zero-order valence-electron chi connectivity index (χ0n) is 22.5. The summed E-state index contributed by atoms with van der Waals surface area (Å²) in [7, 11) is 0. The summed E-state index contributed by atoms with van der Waals surface area (Å²) in [4.78, 5) is 29.5. The van der Waals surface area contributed by atoms with Gasteiger partial charge in [-0.1, -0.05) is 28.1 Å². The van der Waals surface area contributed by atoms with E-state index in [9.17, 15) is 38.1 Å². The lowest BCUT2D eigenvalue weighted by Crippen LogP contribution is -2.57. The first-order chi connectivity index (χ1) is 19.8. The third-order valence-corrected chi connectivity index (χ3v) is 7.25. The van der Waals surface area contributed by atoms with E-state index in [1.165, 1.54) is 24.3 Å². The monoisotopic (exact) mass is 649 g/mol. The molecule has 0 unspecified atom stereocenters. The first-order valence-electron chi connectivity index (χ1n) is 12.6. The molecule has 0 aliphatic rings. The Kier molecular flexibility index (Phi) is 9.01. The number of aryl methyl sites for hydroxylation is 1. The Bertz CT molecular complexity index is 1630. The number of hydrogen-bond donors (Lipinski definition) is 5. The van der Waals surface area contributed by atoms with Crippen LogP contribution in [0.15, 0.2) is 53.0 Å². The molecule has 14 heteroatoms. The maximum absolute atomic E-state index is 13.5. The second-order valence-corrected chi connectivity index (χ2v) is 10.7. The van der Waals surface area contributed by atoms with E-state index in [1.54, 1.807) is 36.7 Å². The van der Waals surface area contributed by atoms with Crippen molar-refractivity contribution in [1.82, 2.24) is 20.1 Å². The van der Waals surface area contributed by atoms with Crippen molar-refractivity contribution in [1.29, 1.82) is 0 Å². The molecule has 10 nitrogen and oxygen atoms in total. The number of aliphatic hydroxyl groups is 3. The van der Waals surface area contributed by atoms with Crippen LogP contribution in [0.3, 0.4) is 0 Å². The van der Waals surface area contributed by atoms with Crippen molar-refractivity contribution in [2.75, 3.05) is 25.1 Å². The lowest BCUT2D eigenvalue weighted by atomic mass is 10.0. The summed E-state index contributed by atoms with van der Waals surface area (Å²) < 4.78 is 42.8. The molecule has 222 valence electrons. The number of alkyl halides is 3. The normalized spacial score (nSPS) is 12.0. The number of rotatable bonds is 9. The van der Waals surface area contributed by atoms with Crippen LogP contribution in [0.5, 0.6) is 0 Å². The maximum Gasteiger partial charge on any atom is 0.433 e. The Morgan fingerprint density at radius 3 is 2.19 bits per heavy atom. The van der Waals surface area contributed by atoms with E-state index < -0.39 is 49.0 Å². The summed E-state index contributed by atoms with van der Waals surface area (Å²) in [6.07, 6.45) is -4.75. The Morgan fingerprint density at radius 1 is 0.952 bits per heavy atom. The molecule has 0 atom stereocenters. The highest BCUT2D eigenvalue weighted by Gasteiger charge is 2.34. The van der Waals surface area contributed by atoms with Crippen LogP contribution in [0, 0.1) is 13.8 Å². The number of nitrogens with one attached hydrogen (secondary N) is 2. The number of benzene rings is 2. The molecule has 0 aliphatic carbocycles. The molecule has 0 radical (unpaired) electrons. The fourth-order valence-electron chi connectivity index (χ4n) is 4.26. The minimum atomic E-state index is -4.75. The van der Waals surface area contributed by atoms with E-state index in [2.05, 4.69) is 36.6 Å². The second-order valence-electron chi connectivity index (χ2n) is 9.78. The highest BCUT2D eigenvalue weighted by atomic mass is 79.9. The highest BCUT2D eigenvalue weighted by molar-refractivity contribution is 9.10. The molecule has 0 spiro atoms. The first kappa shape index (κ1) is 31.1. The lowest BCUT2D eigenvalue weighted by molar-refractivity contribution is -0.141. The number of amides is 2. The molecule has 0 saturated carbocycles. The predicted octanol–water partition coefficient (Wildman–Crippen LogP) is 3.58. The van der Waals surface area contributed by atoms with Gasteiger partial charge in [0.2, 0.25) is 0 Å². The van der Waals surface area contributed by atoms with Gasteiger partial charge < -0.3 is 26.0 Å². The van der Waals surface area contributed by atoms with E-state index >= 15 is 0 Å². The number of aliphatic hydroxyl groups excluding tert-OH is 3. The average molecular weight is 650 g/mol. The van der Waals surface area contributed by atoms with E-state index in [-0.39, 0.29) is 28.6 Å². The Hall–Kier alpha value is -3.85. The van der Waals surface area contributed by atoms with Crippen LogP contribution in [-0.4, -0.2) is 67.3 Å². The Morgan fingerprint density at radius 2 is 1.60 bits per heavy atom. The summed E-state index contributed by atoms with van der Waals surface area (Å²) in [6, 6.07) is 11.6. The van der Waals surface area contributed by atoms with Crippen LogP contribution in [0.2, 0.25) is 0 Å². The number of anilines is 1. The van der Waals surface area contributed by atoms with Crippen molar-refractivity contribution in [2.45, 2.75) is 32.1 Å². The predicted molar refractivity (Wildman–Crippen MR) is 151 cm³/mol. The molecule has 0 aliphatic heterocycles. The van der Waals surface area contributed by atoms with Crippen molar-refractivity contribution in [2.24, 2.45) is 0 Å². The van der Waals surface area contributed by atoms with Gasteiger partial charge in [-0.15, -0.1) is 0 Å². The fourth-order valence-corrected chi connectivity index (χ4v) is 4.62. The number of carbonyl (C=O) groups is 2. The average Bonchev–Trinajstić information content (AvgIpc) is 3.22. The molecule has 2 heterocycles. The van der Waals surface area contributed by atoms with E-state index in [4.69, 9.17) is 0 Å². The number of halogens is 4. The molecule has 42 heavy (non-hydrogen) atoms. The Labute approximate surface area is 246 Å². The molecule has 0 bridgehead atoms. The summed E-state index contributed by atoms with van der Waals surface area (Å²) in [5.74, 6) is -1.35. The molecule has 0 fully saturated rings. The Balaban J connectivity index is 1.56. The SMILES string of the molecule is Cc1nn(Cc2ccc(C(=O)NC(CO)(CO)CO)cc2)c(C)c1NC(=O)c1cc(C(F)(F)F)nc2ccc(Br)cc12. The summed E-state index contributed by atoms with van der Waals surface area (Å²) in [5.41, 5.74) is -0.597. The molecule has 0 saturated heterocycles. The molecule has 4 aromatic rings. The minimum absolute atomic E-state index is 0.0224. The van der Waals surface area contributed by atoms with Gasteiger partial charge in [0, 0.05) is 15.4 Å². The van der Waals surface area contributed by atoms with Gasteiger partial charge >= 0.3 is 6.18 Å². The summed E-state index contributed by atoms with van der Waals surface area (Å²) in [5, 5.41) is 38.1. The topological polar surface area (TPSA) is 150 Å². The zero-order chi connectivity index (χ0) is 30.8. The standard InChI is InChI=1S/C28H27BrF3N5O5/c1-15-24(34-26(42)21-10-23(28(30,31)32)33-22-8-7-19(29)9-20(21)22)16(2)37(36-15)11-17-3-5-18(6-4-17)25(41)35-27(12-38,13-39)14-40/h3-10,38-40H,11-14H2,1-2H3,(H,34,42)(H,35,41). The maximum atomic E-state index is 13.5. The van der Waals surface area contributed by atoms with E-state index in [1.807, 2.05) is 0 Å². The number of carbonyl (C=O) groups excluding carboxylic acids is 2.